The Morgan fingerprint density at radius 2 is 2.26 bits per heavy atom. The lowest BCUT2D eigenvalue weighted by molar-refractivity contribution is 0.374. The van der Waals surface area contributed by atoms with Crippen molar-refractivity contribution < 1.29 is 0 Å². The highest BCUT2D eigenvalue weighted by atomic mass is 15.2. The highest BCUT2D eigenvalue weighted by Gasteiger charge is 2.35. The highest BCUT2D eigenvalue weighted by molar-refractivity contribution is 5.90. The monoisotopic (exact) mass is 317 g/mol. The van der Waals surface area contributed by atoms with Crippen molar-refractivity contribution in [2.45, 2.75) is 18.9 Å². The summed E-state index contributed by atoms with van der Waals surface area (Å²) in [4.78, 5) is 16.5. The van der Waals surface area contributed by atoms with E-state index in [1.165, 1.54) is 5.56 Å². The predicted molar refractivity (Wildman–Crippen MR) is 93.8 cm³/mol. The van der Waals surface area contributed by atoms with Gasteiger partial charge < -0.3 is 25.8 Å². The largest absolute Gasteiger partial charge is 0.354 e. The smallest absolute Gasteiger partial charge is 0.143 e. The molecule has 3 heterocycles. The van der Waals surface area contributed by atoms with Crippen LogP contribution >= 0.6 is 0 Å². The van der Waals surface area contributed by atoms with E-state index in [0.29, 0.717) is 0 Å². The van der Waals surface area contributed by atoms with Crippen molar-refractivity contribution in [3.8, 4) is 0 Å². The SMILES string of the molecule is Cc1c[nH]c2ncnc(N3CCC(N)(CNCCN(C)C)C3)c12. The molecule has 3 rings (SSSR count). The molecule has 1 aliphatic heterocycles. The maximum absolute atomic E-state index is 6.59. The van der Waals surface area contributed by atoms with Gasteiger partial charge in [-0.2, -0.15) is 0 Å². The normalized spacial score (nSPS) is 21.7. The van der Waals surface area contributed by atoms with Gasteiger partial charge in [0.1, 0.15) is 17.8 Å². The summed E-state index contributed by atoms with van der Waals surface area (Å²) in [5.74, 6) is 0.995. The predicted octanol–water partition coefficient (Wildman–Crippen LogP) is 0.325. The first-order chi connectivity index (χ1) is 11.0. The third kappa shape index (κ3) is 3.46. The first-order valence-corrected chi connectivity index (χ1v) is 8.16. The van der Waals surface area contributed by atoms with Gasteiger partial charge in [-0.15, -0.1) is 0 Å². The van der Waals surface area contributed by atoms with Crippen LogP contribution in [0.2, 0.25) is 0 Å². The summed E-state index contributed by atoms with van der Waals surface area (Å²) in [7, 11) is 4.16. The zero-order chi connectivity index (χ0) is 16.4. The summed E-state index contributed by atoms with van der Waals surface area (Å²) in [6.45, 7) is 6.65. The molecule has 1 fully saturated rings. The first kappa shape index (κ1) is 16.2. The molecule has 1 unspecified atom stereocenters. The third-order valence-corrected chi connectivity index (χ3v) is 4.54. The molecule has 4 N–H and O–H groups in total. The number of aromatic nitrogens is 3. The number of nitrogens with one attached hydrogen (secondary N) is 2. The lowest BCUT2D eigenvalue weighted by Gasteiger charge is -2.26. The first-order valence-electron chi connectivity index (χ1n) is 8.16. The van der Waals surface area contributed by atoms with Crippen LogP contribution in [0.3, 0.4) is 0 Å². The fourth-order valence-corrected chi connectivity index (χ4v) is 3.20. The van der Waals surface area contributed by atoms with E-state index in [9.17, 15) is 0 Å². The van der Waals surface area contributed by atoms with E-state index in [2.05, 4.69) is 51.1 Å². The van der Waals surface area contributed by atoms with Gasteiger partial charge in [-0.25, -0.2) is 9.97 Å². The van der Waals surface area contributed by atoms with Crippen LogP contribution in [0, 0.1) is 6.92 Å². The van der Waals surface area contributed by atoms with E-state index >= 15 is 0 Å². The number of rotatable bonds is 6. The van der Waals surface area contributed by atoms with E-state index in [1.54, 1.807) is 6.33 Å². The van der Waals surface area contributed by atoms with Crippen molar-refractivity contribution in [2.24, 2.45) is 5.73 Å². The molecule has 1 atom stereocenters. The van der Waals surface area contributed by atoms with Crippen LogP contribution in [0.15, 0.2) is 12.5 Å². The Bertz CT molecular complexity index is 665. The molecule has 7 nitrogen and oxygen atoms in total. The van der Waals surface area contributed by atoms with Gasteiger partial charge in [-0.3, -0.25) is 0 Å². The molecule has 0 aromatic carbocycles. The highest BCUT2D eigenvalue weighted by Crippen LogP contribution is 2.30. The molecule has 0 amide bonds. The van der Waals surface area contributed by atoms with Crippen molar-refractivity contribution in [3.05, 3.63) is 18.1 Å². The van der Waals surface area contributed by atoms with Crippen LogP contribution in [0.25, 0.3) is 11.0 Å². The minimum absolute atomic E-state index is 0.201. The summed E-state index contributed by atoms with van der Waals surface area (Å²) in [5, 5.41) is 4.59. The van der Waals surface area contributed by atoms with Crippen LogP contribution < -0.4 is 16.0 Å². The Morgan fingerprint density at radius 1 is 1.43 bits per heavy atom. The van der Waals surface area contributed by atoms with Gasteiger partial charge in [0.25, 0.3) is 0 Å². The van der Waals surface area contributed by atoms with E-state index in [1.807, 2.05) is 6.20 Å². The fourth-order valence-electron chi connectivity index (χ4n) is 3.20. The minimum Gasteiger partial charge on any atom is -0.354 e. The Morgan fingerprint density at radius 3 is 3.04 bits per heavy atom. The Labute approximate surface area is 137 Å². The Balaban J connectivity index is 1.68. The molecule has 0 spiro atoms. The summed E-state index contributed by atoms with van der Waals surface area (Å²) in [5.41, 5.74) is 8.46. The van der Waals surface area contributed by atoms with Crippen molar-refractivity contribution in [3.63, 3.8) is 0 Å². The second-order valence-corrected chi connectivity index (χ2v) is 6.91. The molecule has 1 aliphatic rings. The van der Waals surface area contributed by atoms with E-state index < -0.39 is 0 Å². The van der Waals surface area contributed by atoms with Crippen molar-refractivity contribution in [2.75, 3.05) is 51.7 Å². The number of hydrogen-bond acceptors (Lipinski definition) is 6. The summed E-state index contributed by atoms with van der Waals surface area (Å²) in [6, 6.07) is 0. The number of nitrogens with zero attached hydrogens (tertiary/aromatic N) is 4. The molecule has 7 heteroatoms. The lowest BCUT2D eigenvalue weighted by atomic mass is 10.0. The number of H-pyrrole nitrogens is 1. The van der Waals surface area contributed by atoms with Crippen LogP contribution in [0.1, 0.15) is 12.0 Å². The second kappa shape index (κ2) is 6.43. The maximum Gasteiger partial charge on any atom is 0.143 e. The van der Waals surface area contributed by atoms with Gasteiger partial charge in [0.15, 0.2) is 0 Å². The number of likely N-dealkylation sites (N-methyl/N-ethyl adjacent to an activating group) is 1. The van der Waals surface area contributed by atoms with Gasteiger partial charge in [-0.1, -0.05) is 0 Å². The van der Waals surface area contributed by atoms with Crippen LogP contribution in [0.5, 0.6) is 0 Å². The maximum atomic E-state index is 6.59. The van der Waals surface area contributed by atoms with Gasteiger partial charge in [-0.05, 0) is 33.0 Å². The molecule has 2 aromatic rings. The van der Waals surface area contributed by atoms with E-state index in [-0.39, 0.29) is 5.54 Å². The third-order valence-electron chi connectivity index (χ3n) is 4.54. The van der Waals surface area contributed by atoms with Crippen LogP contribution in [0.4, 0.5) is 5.82 Å². The Hall–Kier alpha value is -1.70. The fraction of sp³-hybridized carbons (Fsp3) is 0.625. The second-order valence-electron chi connectivity index (χ2n) is 6.91. The average Bonchev–Trinajstić information content (AvgIpc) is 3.08. The van der Waals surface area contributed by atoms with Gasteiger partial charge in [0, 0.05) is 44.5 Å². The molecule has 23 heavy (non-hydrogen) atoms. The number of fused-ring (bicyclic) bond motifs is 1. The van der Waals surface area contributed by atoms with Crippen molar-refractivity contribution >= 4 is 16.9 Å². The minimum atomic E-state index is -0.201. The zero-order valence-corrected chi connectivity index (χ0v) is 14.3. The molecule has 2 aromatic heterocycles. The van der Waals surface area contributed by atoms with Gasteiger partial charge >= 0.3 is 0 Å². The molecular weight excluding hydrogens is 290 g/mol. The quantitative estimate of drug-likeness (QED) is 0.666. The van der Waals surface area contributed by atoms with E-state index in [4.69, 9.17) is 5.73 Å². The molecule has 0 saturated carbocycles. The molecule has 1 saturated heterocycles. The van der Waals surface area contributed by atoms with Gasteiger partial charge in [0.05, 0.1) is 5.39 Å². The average molecular weight is 317 g/mol. The van der Waals surface area contributed by atoms with Gasteiger partial charge in [0.2, 0.25) is 0 Å². The summed E-state index contributed by atoms with van der Waals surface area (Å²) in [6.07, 6.45) is 4.58. The molecule has 0 radical (unpaired) electrons. The number of hydrogen-bond donors (Lipinski definition) is 3. The standard InChI is InChI=1S/C16H27N7/c1-12-8-19-14-13(12)15(21-11-20-14)23-6-4-16(17,10-23)9-18-5-7-22(2)3/h8,11,18H,4-7,9-10,17H2,1-3H3,(H,19,20,21). The number of nitrogens with two attached hydrogens (primary N) is 1. The number of aryl methyl sites for hydroxylation is 1. The summed E-state index contributed by atoms with van der Waals surface area (Å²) < 4.78 is 0. The number of anilines is 1. The van der Waals surface area contributed by atoms with Crippen LogP contribution in [-0.4, -0.2) is 72.2 Å². The molecule has 126 valence electrons. The molecule has 0 aliphatic carbocycles. The van der Waals surface area contributed by atoms with E-state index in [0.717, 1.165) is 56.0 Å². The number of aromatic amines is 1. The zero-order valence-electron chi connectivity index (χ0n) is 14.3. The molecule has 0 bridgehead atoms. The Kier molecular flexibility index (Phi) is 4.52. The topological polar surface area (TPSA) is 86.1 Å². The lowest BCUT2D eigenvalue weighted by Crippen LogP contribution is -2.51. The van der Waals surface area contributed by atoms with Crippen molar-refractivity contribution in [1.29, 1.82) is 0 Å². The summed E-state index contributed by atoms with van der Waals surface area (Å²) >= 11 is 0. The van der Waals surface area contributed by atoms with Crippen LogP contribution in [-0.2, 0) is 0 Å². The molecular formula is C16H27N7. The van der Waals surface area contributed by atoms with Crippen molar-refractivity contribution in [1.82, 2.24) is 25.2 Å².